The molecule has 3 aliphatic rings. The predicted octanol–water partition coefficient (Wildman–Crippen LogP) is 2.67. The van der Waals surface area contributed by atoms with E-state index in [2.05, 4.69) is 28.4 Å². The molecule has 4 rings (SSSR count). The van der Waals surface area contributed by atoms with Gasteiger partial charge in [-0.1, -0.05) is 24.6 Å². The fourth-order valence-electron chi connectivity index (χ4n) is 4.26. The lowest BCUT2D eigenvalue weighted by Gasteiger charge is -2.30. The van der Waals surface area contributed by atoms with Crippen LogP contribution in [0.3, 0.4) is 0 Å². The lowest BCUT2D eigenvalue weighted by molar-refractivity contribution is -0.131. The highest BCUT2D eigenvalue weighted by Gasteiger charge is 2.40. The number of hydrogen-bond donors (Lipinski definition) is 1. The van der Waals surface area contributed by atoms with E-state index in [0.29, 0.717) is 5.91 Å². The number of benzene rings is 1. The van der Waals surface area contributed by atoms with Gasteiger partial charge in [-0.3, -0.25) is 4.79 Å². The summed E-state index contributed by atoms with van der Waals surface area (Å²) < 4.78 is 0. The Bertz CT molecular complexity index is 515. The second kappa shape index (κ2) is 4.80. The molecule has 1 saturated carbocycles. The first kappa shape index (κ1) is 12.2. The van der Waals surface area contributed by atoms with Crippen LogP contribution < -0.4 is 5.32 Å². The first-order valence-electron chi connectivity index (χ1n) is 7.94. The van der Waals surface area contributed by atoms with Crippen LogP contribution in [0.1, 0.15) is 31.2 Å². The minimum Gasteiger partial charge on any atom is -0.373 e. The molecule has 3 unspecified atom stereocenters. The van der Waals surface area contributed by atoms with Crippen LogP contribution in [0.25, 0.3) is 0 Å². The summed E-state index contributed by atoms with van der Waals surface area (Å²) in [5.41, 5.74) is 2.49. The first-order chi connectivity index (χ1) is 9.81. The van der Waals surface area contributed by atoms with Crippen molar-refractivity contribution in [2.75, 3.05) is 18.4 Å². The van der Waals surface area contributed by atoms with Crippen molar-refractivity contribution in [3.05, 3.63) is 29.8 Å². The van der Waals surface area contributed by atoms with Gasteiger partial charge in [-0.25, -0.2) is 0 Å². The third-order valence-electron chi connectivity index (χ3n) is 5.39. The Labute approximate surface area is 120 Å². The van der Waals surface area contributed by atoms with E-state index in [4.69, 9.17) is 0 Å². The van der Waals surface area contributed by atoms with Gasteiger partial charge in [0.05, 0.1) is 0 Å². The van der Waals surface area contributed by atoms with Gasteiger partial charge < -0.3 is 10.2 Å². The first-order valence-corrected chi connectivity index (χ1v) is 7.94. The van der Waals surface area contributed by atoms with Crippen molar-refractivity contribution in [2.45, 2.75) is 38.1 Å². The second-order valence-electron chi connectivity index (χ2n) is 6.59. The van der Waals surface area contributed by atoms with Crippen molar-refractivity contribution in [1.82, 2.24) is 4.90 Å². The van der Waals surface area contributed by atoms with Crippen LogP contribution in [0.2, 0.25) is 0 Å². The molecule has 3 atom stereocenters. The van der Waals surface area contributed by atoms with Crippen molar-refractivity contribution in [1.29, 1.82) is 0 Å². The van der Waals surface area contributed by atoms with Crippen molar-refractivity contribution in [2.24, 2.45) is 11.8 Å². The van der Waals surface area contributed by atoms with E-state index in [1.54, 1.807) is 0 Å². The number of anilines is 1. The predicted molar refractivity (Wildman–Crippen MR) is 79.6 cm³/mol. The summed E-state index contributed by atoms with van der Waals surface area (Å²) >= 11 is 0. The Balaban J connectivity index is 1.45. The highest BCUT2D eigenvalue weighted by molar-refractivity contribution is 5.86. The number of para-hydroxylation sites is 1. The van der Waals surface area contributed by atoms with Crippen molar-refractivity contribution in [3.8, 4) is 0 Å². The summed E-state index contributed by atoms with van der Waals surface area (Å²) in [4.78, 5) is 14.8. The number of carbonyl (C=O) groups is 1. The third-order valence-corrected chi connectivity index (χ3v) is 5.39. The molecule has 3 nitrogen and oxygen atoms in total. The molecule has 0 spiro atoms. The number of nitrogens with one attached hydrogen (secondary N) is 1. The van der Waals surface area contributed by atoms with Crippen LogP contribution in [0.4, 0.5) is 5.69 Å². The molecule has 1 aromatic rings. The minimum atomic E-state index is -0.0104. The third kappa shape index (κ3) is 2.00. The number of fused-ring (bicyclic) bond motifs is 2. The fraction of sp³-hybridized carbons (Fsp3) is 0.588. The number of hydrogen-bond acceptors (Lipinski definition) is 2. The molecule has 0 aromatic heterocycles. The van der Waals surface area contributed by atoms with Crippen molar-refractivity contribution < 1.29 is 4.79 Å². The van der Waals surface area contributed by atoms with Gasteiger partial charge in [-0.15, -0.1) is 0 Å². The van der Waals surface area contributed by atoms with Gasteiger partial charge in [0.15, 0.2) is 0 Å². The Morgan fingerprint density at radius 1 is 1.10 bits per heavy atom. The lowest BCUT2D eigenvalue weighted by Crippen LogP contribution is -2.44. The molecule has 1 saturated heterocycles. The smallest absolute Gasteiger partial charge is 0.245 e. The molecule has 2 aliphatic heterocycles. The number of carbonyl (C=O) groups excluding carboxylic acids is 1. The average Bonchev–Trinajstić information content (AvgIpc) is 3.07. The molecule has 1 aliphatic carbocycles. The van der Waals surface area contributed by atoms with Gasteiger partial charge in [0, 0.05) is 18.8 Å². The molecule has 1 amide bonds. The van der Waals surface area contributed by atoms with Crippen LogP contribution in [-0.2, 0) is 11.2 Å². The van der Waals surface area contributed by atoms with E-state index in [0.717, 1.165) is 43.5 Å². The van der Waals surface area contributed by atoms with Crippen molar-refractivity contribution in [3.63, 3.8) is 0 Å². The van der Waals surface area contributed by atoms with Gasteiger partial charge in [-0.05, 0) is 49.1 Å². The SMILES string of the molecule is O=C(C1CCc2ccccc2N1)N1CC2CCCC2C1. The molecular formula is C17H22N2O. The maximum atomic E-state index is 12.7. The van der Waals surface area contributed by atoms with Crippen LogP contribution in [-0.4, -0.2) is 29.9 Å². The summed E-state index contributed by atoms with van der Waals surface area (Å²) in [6.45, 7) is 2.01. The zero-order valence-electron chi connectivity index (χ0n) is 11.8. The number of rotatable bonds is 1. The normalized spacial score (nSPS) is 31.6. The molecule has 0 radical (unpaired) electrons. The maximum Gasteiger partial charge on any atom is 0.245 e. The number of nitrogens with zero attached hydrogens (tertiary/aromatic N) is 1. The van der Waals surface area contributed by atoms with E-state index in [9.17, 15) is 4.79 Å². The molecule has 0 bridgehead atoms. The minimum absolute atomic E-state index is 0.0104. The Morgan fingerprint density at radius 3 is 2.65 bits per heavy atom. The number of aryl methyl sites for hydroxylation is 1. The molecule has 2 heterocycles. The van der Waals surface area contributed by atoms with Crippen LogP contribution in [0, 0.1) is 11.8 Å². The van der Waals surface area contributed by atoms with E-state index in [1.807, 2.05) is 6.07 Å². The van der Waals surface area contributed by atoms with Gasteiger partial charge in [-0.2, -0.15) is 0 Å². The van der Waals surface area contributed by atoms with Gasteiger partial charge in [0.25, 0.3) is 0 Å². The van der Waals surface area contributed by atoms with E-state index in [-0.39, 0.29) is 6.04 Å². The van der Waals surface area contributed by atoms with Crippen LogP contribution in [0.5, 0.6) is 0 Å². The monoisotopic (exact) mass is 270 g/mol. The zero-order chi connectivity index (χ0) is 13.5. The van der Waals surface area contributed by atoms with Crippen molar-refractivity contribution >= 4 is 11.6 Å². The highest BCUT2D eigenvalue weighted by atomic mass is 16.2. The number of likely N-dealkylation sites (tertiary alicyclic amines) is 1. The Morgan fingerprint density at radius 2 is 1.85 bits per heavy atom. The highest BCUT2D eigenvalue weighted by Crippen LogP contribution is 2.38. The van der Waals surface area contributed by atoms with E-state index >= 15 is 0 Å². The zero-order valence-corrected chi connectivity index (χ0v) is 11.8. The van der Waals surface area contributed by atoms with Gasteiger partial charge >= 0.3 is 0 Å². The summed E-state index contributed by atoms with van der Waals surface area (Å²) in [6.07, 6.45) is 5.97. The summed E-state index contributed by atoms with van der Waals surface area (Å²) in [5, 5.41) is 3.45. The molecule has 20 heavy (non-hydrogen) atoms. The molecule has 1 aromatic carbocycles. The molecule has 1 N–H and O–H groups in total. The van der Waals surface area contributed by atoms with Crippen LogP contribution in [0.15, 0.2) is 24.3 Å². The Kier molecular flexibility index (Phi) is 2.94. The molecule has 3 heteroatoms. The van der Waals surface area contributed by atoms with Gasteiger partial charge in [0.1, 0.15) is 6.04 Å². The standard InChI is InChI=1S/C17H22N2O/c20-17(19-10-13-5-3-6-14(13)11-19)16-9-8-12-4-1-2-7-15(12)18-16/h1-2,4,7,13-14,16,18H,3,5-6,8-11H2. The Hall–Kier alpha value is -1.51. The summed E-state index contributed by atoms with van der Waals surface area (Å²) in [5.74, 6) is 1.90. The molecular weight excluding hydrogens is 248 g/mol. The largest absolute Gasteiger partial charge is 0.373 e. The lowest BCUT2D eigenvalue weighted by atomic mass is 9.97. The van der Waals surface area contributed by atoms with E-state index in [1.165, 1.54) is 24.8 Å². The van der Waals surface area contributed by atoms with Gasteiger partial charge in [0.2, 0.25) is 5.91 Å². The quantitative estimate of drug-likeness (QED) is 0.851. The van der Waals surface area contributed by atoms with E-state index < -0.39 is 0 Å². The molecule has 2 fully saturated rings. The summed E-state index contributed by atoms with van der Waals surface area (Å²) in [7, 11) is 0. The fourth-order valence-corrected chi connectivity index (χ4v) is 4.26. The average molecular weight is 270 g/mol. The number of amides is 1. The van der Waals surface area contributed by atoms with Crippen LogP contribution >= 0.6 is 0 Å². The summed E-state index contributed by atoms with van der Waals surface area (Å²) in [6, 6.07) is 8.35. The topological polar surface area (TPSA) is 32.3 Å². The maximum absolute atomic E-state index is 12.7. The second-order valence-corrected chi connectivity index (χ2v) is 6.59. The molecule has 106 valence electrons.